The first-order chi connectivity index (χ1) is 9.36. The Balaban J connectivity index is 1.81. The van der Waals surface area contributed by atoms with Crippen LogP contribution >= 0.6 is 0 Å². The van der Waals surface area contributed by atoms with Crippen LogP contribution in [0.4, 0.5) is 5.82 Å². The maximum Gasteiger partial charge on any atom is 0.144 e. The Labute approximate surface area is 114 Å². The molecule has 4 nitrogen and oxygen atoms in total. The lowest BCUT2D eigenvalue weighted by molar-refractivity contribution is 0.634. The second-order valence-electron chi connectivity index (χ2n) is 5.48. The van der Waals surface area contributed by atoms with Crippen LogP contribution in [0.3, 0.4) is 0 Å². The number of aryl methyl sites for hydroxylation is 2. The predicted molar refractivity (Wildman–Crippen MR) is 75.1 cm³/mol. The standard InChI is InChI=1S/C15H20N4/c16-10-12-9-11-3-1-5-14(11)19-15(12)18-13-4-2-7-17-8-6-13/h9,13,17H,1-8H2,(H,18,19). The minimum atomic E-state index is 0.439. The molecule has 0 spiro atoms. The van der Waals surface area contributed by atoms with Gasteiger partial charge in [0.1, 0.15) is 11.9 Å². The lowest BCUT2D eigenvalue weighted by Crippen LogP contribution is -2.23. The summed E-state index contributed by atoms with van der Waals surface area (Å²) in [5.41, 5.74) is 3.16. The Hall–Kier alpha value is -1.60. The van der Waals surface area contributed by atoms with E-state index in [0.29, 0.717) is 11.6 Å². The molecule has 100 valence electrons. The quantitative estimate of drug-likeness (QED) is 0.849. The molecule has 2 aliphatic rings. The van der Waals surface area contributed by atoms with Gasteiger partial charge in [0.2, 0.25) is 0 Å². The van der Waals surface area contributed by atoms with Gasteiger partial charge in [-0.05, 0) is 63.2 Å². The summed E-state index contributed by atoms with van der Waals surface area (Å²) >= 11 is 0. The molecule has 1 unspecified atom stereocenters. The fraction of sp³-hybridized carbons (Fsp3) is 0.600. The smallest absolute Gasteiger partial charge is 0.144 e. The third-order valence-corrected chi connectivity index (χ3v) is 4.09. The van der Waals surface area contributed by atoms with E-state index in [2.05, 4.69) is 16.7 Å². The number of aromatic nitrogens is 1. The van der Waals surface area contributed by atoms with Crippen molar-refractivity contribution in [3.8, 4) is 6.07 Å². The minimum absolute atomic E-state index is 0.439. The maximum absolute atomic E-state index is 9.29. The van der Waals surface area contributed by atoms with Gasteiger partial charge in [-0.25, -0.2) is 4.98 Å². The lowest BCUT2D eigenvalue weighted by atomic mass is 10.1. The van der Waals surface area contributed by atoms with Gasteiger partial charge in [-0.1, -0.05) is 0 Å². The molecule has 1 aromatic heterocycles. The molecule has 19 heavy (non-hydrogen) atoms. The average Bonchev–Trinajstić information content (AvgIpc) is 2.72. The van der Waals surface area contributed by atoms with Crippen molar-refractivity contribution in [1.82, 2.24) is 10.3 Å². The fourth-order valence-electron chi connectivity index (χ4n) is 3.02. The topological polar surface area (TPSA) is 60.7 Å². The molecule has 2 heterocycles. The molecule has 3 rings (SSSR count). The van der Waals surface area contributed by atoms with Gasteiger partial charge in [0.25, 0.3) is 0 Å². The molecule has 1 aromatic rings. The highest BCUT2D eigenvalue weighted by Gasteiger charge is 2.19. The second-order valence-corrected chi connectivity index (χ2v) is 5.48. The molecule has 0 amide bonds. The van der Waals surface area contributed by atoms with Gasteiger partial charge in [0, 0.05) is 11.7 Å². The molecule has 1 aliphatic heterocycles. The van der Waals surface area contributed by atoms with Crippen LogP contribution in [0.1, 0.15) is 42.5 Å². The molecule has 1 atom stereocenters. The summed E-state index contributed by atoms with van der Waals surface area (Å²) < 4.78 is 0. The van der Waals surface area contributed by atoms with Crippen molar-refractivity contribution in [2.75, 3.05) is 18.4 Å². The maximum atomic E-state index is 9.29. The van der Waals surface area contributed by atoms with E-state index in [0.717, 1.165) is 44.6 Å². The van der Waals surface area contributed by atoms with Crippen LogP contribution < -0.4 is 10.6 Å². The first kappa shape index (κ1) is 12.4. The highest BCUT2D eigenvalue weighted by atomic mass is 15.0. The third-order valence-electron chi connectivity index (χ3n) is 4.09. The highest BCUT2D eigenvalue weighted by molar-refractivity contribution is 5.55. The van der Waals surface area contributed by atoms with Crippen LogP contribution in [-0.2, 0) is 12.8 Å². The first-order valence-electron chi connectivity index (χ1n) is 7.27. The van der Waals surface area contributed by atoms with Gasteiger partial charge in [0.05, 0.1) is 5.56 Å². The Morgan fingerprint density at radius 1 is 1.26 bits per heavy atom. The van der Waals surface area contributed by atoms with Gasteiger partial charge in [-0.15, -0.1) is 0 Å². The zero-order valence-corrected chi connectivity index (χ0v) is 11.2. The van der Waals surface area contributed by atoms with Crippen LogP contribution in [0.2, 0.25) is 0 Å². The number of nitriles is 1. The van der Waals surface area contributed by atoms with Crippen molar-refractivity contribution in [3.63, 3.8) is 0 Å². The van der Waals surface area contributed by atoms with Crippen LogP contribution in [0.15, 0.2) is 6.07 Å². The highest BCUT2D eigenvalue weighted by Crippen LogP contribution is 2.26. The van der Waals surface area contributed by atoms with E-state index >= 15 is 0 Å². The van der Waals surface area contributed by atoms with Crippen molar-refractivity contribution >= 4 is 5.82 Å². The summed E-state index contributed by atoms with van der Waals surface area (Å²) in [4.78, 5) is 4.69. The summed E-state index contributed by atoms with van der Waals surface area (Å²) in [5.74, 6) is 0.801. The molecular weight excluding hydrogens is 236 g/mol. The second kappa shape index (κ2) is 5.58. The average molecular weight is 256 g/mol. The Morgan fingerprint density at radius 3 is 3.11 bits per heavy atom. The number of fused-ring (bicyclic) bond motifs is 1. The van der Waals surface area contributed by atoms with Gasteiger partial charge in [-0.2, -0.15) is 5.26 Å². The van der Waals surface area contributed by atoms with Gasteiger partial charge >= 0.3 is 0 Å². The molecule has 1 aliphatic carbocycles. The van der Waals surface area contributed by atoms with Crippen LogP contribution in [0, 0.1) is 11.3 Å². The minimum Gasteiger partial charge on any atom is -0.366 e. The third kappa shape index (κ3) is 2.71. The predicted octanol–water partition coefficient (Wildman–Crippen LogP) is 2.00. The first-order valence-corrected chi connectivity index (χ1v) is 7.27. The molecule has 0 bridgehead atoms. The number of hydrogen-bond donors (Lipinski definition) is 2. The summed E-state index contributed by atoms with van der Waals surface area (Å²) in [5, 5.41) is 16.2. The largest absolute Gasteiger partial charge is 0.366 e. The number of nitrogens with zero attached hydrogens (tertiary/aromatic N) is 2. The molecule has 0 radical (unpaired) electrons. The van der Waals surface area contributed by atoms with E-state index in [1.54, 1.807) is 0 Å². The monoisotopic (exact) mass is 256 g/mol. The lowest BCUT2D eigenvalue weighted by Gasteiger charge is -2.18. The molecule has 4 heteroatoms. The Bertz CT molecular complexity index is 496. The van der Waals surface area contributed by atoms with Crippen molar-refractivity contribution in [2.24, 2.45) is 0 Å². The molecule has 1 saturated heterocycles. The van der Waals surface area contributed by atoms with Crippen LogP contribution in [0.25, 0.3) is 0 Å². The van der Waals surface area contributed by atoms with Gasteiger partial charge in [0.15, 0.2) is 0 Å². The SMILES string of the molecule is N#Cc1cc2c(nc1NC1CCCNCC1)CCC2. The molecule has 1 fully saturated rings. The van der Waals surface area contributed by atoms with Gasteiger partial charge < -0.3 is 10.6 Å². The van der Waals surface area contributed by atoms with Crippen molar-refractivity contribution < 1.29 is 0 Å². The van der Waals surface area contributed by atoms with E-state index in [4.69, 9.17) is 4.98 Å². The van der Waals surface area contributed by atoms with E-state index in [1.807, 2.05) is 6.07 Å². The Kier molecular flexibility index (Phi) is 3.65. The van der Waals surface area contributed by atoms with E-state index < -0.39 is 0 Å². The number of pyridine rings is 1. The van der Waals surface area contributed by atoms with Crippen molar-refractivity contribution in [3.05, 3.63) is 22.9 Å². The fourth-order valence-corrected chi connectivity index (χ4v) is 3.02. The summed E-state index contributed by atoms with van der Waals surface area (Å²) in [6.45, 7) is 2.14. The normalized spacial score (nSPS) is 22.4. The van der Waals surface area contributed by atoms with Gasteiger partial charge in [-0.3, -0.25) is 0 Å². The number of anilines is 1. The van der Waals surface area contributed by atoms with Crippen LogP contribution in [0.5, 0.6) is 0 Å². The van der Waals surface area contributed by atoms with E-state index in [9.17, 15) is 5.26 Å². The Morgan fingerprint density at radius 2 is 2.21 bits per heavy atom. The number of rotatable bonds is 2. The summed E-state index contributed by atoms with van der Waals surface area (Å²) in [6.07, 6.45) is 6.74. The molecule has 0 saturated carbocycles. The number of nitrogens with one attached hydrogen (secondary N) is 2. The molecular formula is C15H20N4. The van der Waals surface area contributed by atoms with E-state index in [-0.39, 0.29) is 0 Å². The zero-order valence-electron chi connectivity index (χ0n) is 11.2. The summed E-state index contributed by atoms with van der Waals surface area (Å²) in [7, 11) is 0. The number of hydrogen-bond acceptors (Lipinski definition) is 4. The van der Waals surface area contributed by atoms with Crippen molar-refractivity contribution in [2.45, 2.75) is 44.6 Å². The van der Waals surface area contributed by atoms with E-state index in [1.165, 1.54) is 24.1 Å². The van der Waals surface area contributed by atoms with Crippen molar-refractivity contribution in [1.29, 1.82) is 5.26 Å². The van der Waals surface area contributed by atoms with Crippen LogP contribution in [-0.4, -0.2) is 24.1 Å². The molecule has 0 aromatic carbocycles. The molecule has 2 N–H and O–H groups in total. The zero-order chi connectivity index (χ0) is 13.1. The summed E-state index contributed by atoms with van der Waals surface area (Å²) in [6, 6.07) is 4.76.